The topological polar surface area (TPSA) is 85.6 Å². The van der Waals surface area contributed by atoms with Crippen LogP contribution in [0.25, 0.3) is 0 Å². The number of benzene rings is 2. The molecule has 0 spiro atoms. The number of hydrogen-bond donors (Lipinski definition) is 2. The first kappa shape index (κ1) is 21.5. The van der Waals surface area contributed by atoms with Crippen LogP contribution in [-0.2, 0) is 4.79 Å². The number of aliphatic carboxylic acids is 1. The van der Waals surface area contributed by atoms with Gasteiger partial charge in [-0.3, -0.25) is 9.91 Å². The lowest BCUT2D eigenvalue weighted by Crippen LogP contribution is -2.40. The van der Waals surface area contributed by atoms with Crippen molar-refractivity contribution in [2.24, 2.45) is 5.10 Å². The smallest absolute Gasteiger partial charge is 0.374 e. The highest BCUT2D eigenvalue weighted by Gasteiger charge is 2.42. The van der Waals surface area contributed by atoms with Gasteiger partial charge in [-0.1, -0.05) is 13.8 Å². The predicted octanol–water partition coefficient (Wildman–Crippen LogP) is 4.46. The molecule has 2 aromatic carbocycles. The third-order valence-electron chi connectivity index (χ3n) is 5.32. The number of phenols is 1. The first-order valence-corrected chi connectivity index (χ1v) is 10.0. The van der Waals surface area contributed by atoms with Gasteiger partial charge in [0.25, 0.3) is 0 Å². The van der Waals surface area contributed by atoms with E-state index in [0.717, 1.165) is 11.1 Å². The third kappa shape index (κ3) is 3.79. The zero-order valence-corrected chi connectivity index (χ0v) is 18.2. The molecule has 30 heavy (non-hydrogen) atoms. The minimum atomic E-state index is -1.13. The standard InChI is InChI=1S/C23H29N3O4/c1-13(2)18-12-19(20(27)11-15(18)5)22-25(16-7-9-17(30-6)10-8-16)21(23(28)29)24-26(22)14(3)4/h7-14,22,27H,1-6H3,(H,28,29). The van der Waals surface area contributed by atoms with Crippen molar-refractivity contribution in [2.75, 3.05) is 12.0 Å². The summed E-state index contributed by atoms with van der Waals surface area (Å²) in [6, 6.07) is 10.8. The molecule has 1 atom stereocenters. The van der Waals surface area contributed by atoms with Gasteiger partial charge in [0.2, 0.25) is 5.84 Å². The Morgan fingerprint density at radius 3 is 2.27 bits per heavy atom. The number of ether oxygens (including phenoxy) is 1. The van der Waals surface area contributed by atoms with E-state index in [2.05, 4.69) is 18.9 Å². The second-order valence-electron chi connectivity index (χ2n) is 8.07. The minimum Gasteiger partial charge on any atom is -0.508 e. The Morgan fingerprint density at radius 1 is 1.13 bits per heavy atom. The average Bonchev–Trinajstić information content (AvgIpc) is 3.08. The van der Waals surface area contributed by atoms with Gasteiger partial charge in [-0.25, -0.2) is 4.79 Å². The summed E-state index contributed by atoms with van der Waals surface area (Å²) in [4.78, 5) is 13.7. The van der Waals surface area contributed by atoms with Crippen molar-refractivity contribution in [3.63, 3.8) is 0 Å². The van der Waals surface area contributed by atoms with Crippen LogP contribution < -0.4 is 9.64 Å². The Bertz CT molecular complexity index is 967. The number of hydrogen-bond acceptors (Lipinski definition) is 6. The van der Waals surface area contributed by atoms with Crippen LogP contribution in [0.2, 0.25) is 0 Å². The third-order valence-corrected chi connectivity index (χ3v) is 5.32. The molecule has 7 heteroatoms. The first-order chi connectivity index (χ1) is 14.1. The van der Waals surface area contributed by atoms with E-state index in [9.17, 15) is 15.0 Å². The number of rotatable bonds is 6. The molecule has 1 aliphatic rings. The number of nitrogens with zero attached hydrogens (tertiary/aromatic N) is 3. The van der Waals surface area contributed by atoms with Crippen LogP contribution in [-0.4, -0.2) is 40.2 Å². The van der Waals surface area contributed by atoms with Crippen molar-refractivity contribution in [3.05, 3.63) is 53.1 Å². The summed E-state index contributed by atoms with van der Waals surface area (Å²) in [5, 5.41) is 26.9. The van der Waals surface area contributed by atoms with Gasteiger partial charge in [-0.2, -0.15) is 0 Å². The molecule has 0 bridgehead atoms. The Labute approximate surface area is 177 Å². The number of anilines is 1. The number of methoxy groups -OCH3 is 1. The molecular formula is C23H29N3O4. The number of amidine groups is 1. The molecule has 3 rings (SSSR count). The van der Waals surface area contributed by atoms with E-state index in [4.69, 9.17) is 4.74 Å². The lowest BCUT2D eigenvalue weighted by atomic mass is 9.93. The van der Waals surface area contributed by atoms with Gasteiger partial charge in [0, 0.05) is 17.3 Å². The molecule has 1 aliphatic heterocycles. The quantitative estimate of drug-likeness (QED) is 0.730. The fourth-order valence-corrected chi connectivity index (χ4v) is 3.83. The second kappa shape index (κ2) is 8.26. The first-order valence-electron chi connectivity index (χ1n) is 10.0. The number of carboxylic acid groups (broad SMARTS) is 1. The fraction of sp³-hybridized carbons (Fsp3) is 0.391. The van der Waals surface area contributed by atoms with E-state index in [1.54, 1.807) is 47.4 Å². The van der Waals surface area contributed by atoms with E-state index in [1.165, 1.54) is 0 Å². The summed E-state index contributed by atoms with van der Waals surface area (Å²) in [5.74, 6) is -0.177. The monoisotopic (exact) mass is 411 g/mol. The molecular weight excluding hydrogens is 382 g/mol. The number of aryl methyl sites for hydroxylation is 1. The van der Waals surface area contributed by atoms with Gasteiger partial charge < -0.3 is 14.9 Å². The van der Waals surface area contributed by atoms with Crippen LogP contribution in [0.4, 0.5) is 5.69 Å². The van der Waals surface area contributed by atoms with E-state index >= 15 is 0 Å². The Balaban J connectivity index is 2.22. The molecule has 0 saturated heterocycles. The maximum absolute atomic E-state index is 12.1. The normalized spacial score (nSPS) is 16.4. The van der Waals surface area contributed by atoms with Crippen molar-refractivity contribution < 1.29 is 19.7 Å². The number of carbonyl (C=O) groups is 1. The van der Waals surface area contributed by atoms with E-state index in [1.807, 2.05) is 26.8 Å². The van der Waals surface area contributed by atoms with Crippen LogP contribution in [0.3, 0.4) is 0 Å². The van der Waals surface area contributed by atoms with Crippen molar-refractivity contribution in [1.29, 1.82) is 0 Å². The van der Waals surface area contributed by atoms with Gasteiger partial charge in [0.1, 0.15) is 11.5 Å². The van der Waals surface area contributed by atoms with Gasteiger partial charge in [0.15, 0.2) is 6.17 Å². The zero-order valence-electron chi connectivity index (χ0n) is 18.2. The van der Waals surface area contributed by atoms with Crippen LogP contribution in [0.15, 0.2) is 41.5 Å². The highest BCUT2D eigenvalue weighted by Crippen LogP contribution is 2.42. The summed E-state index contributed by atoms with van der Waals surface area (Å²) in [7, 11) is 1.58. The molecule has 2 N–H and O–H groups in total. The molecule has 0 aromatic heterocycles. The SMILES string of the molecule is COc1ccc(N2C(C(=O)O)=NN(C(C)C)C2c2cc(C(C)C)c(C)cc2O)cc1. The minimum absolute atomic E-state index is 0.0872. The molecule has 1 heterocycles. The molecule has 2 aromatic rings. The van der Waals surface area contributed by atoms with Gasteiger partial charge >= 0.3 is 5.97 Å². The average molecular weight is 412 g/mol. The summed E-state index contributed by atoms with van der Waals surface area (Å²) in [6.07, 6.45) is -0.595. The second-order valence-corrected chi connectivity index (χ2v) is 8.07. The summed E-state index contributed by atoms with van der Waals surface area (Å²) in [5.41, 5.74) is 3.37. The van der Waals surface area contributed by atoms with Crippen LogP contribution in [0.5, 0.6) is 11.5 Å². The summed E-state index contributed by atoms with van der Waals surface area (Å²) < 4.78 is 5.24. The number of carboxylic acids is 1. The molecule has 0 fully saturated rings. The Morgan fingerprint density at radius 2 is 1.77 bits per heavy atom. The van der Waals surface area contributed by atoms with E-state index < -0.39 is 12.1 Å². The Kier molecular flexibility index (Phi) is 5.92. The predicted molar refractivity (Wildman–Crippen MR) is 117 cm³/mol. The lowest BCUT2D eigenvalue weighted by molar-refractivity contribution is -0.129. The molecule has 7 nitrogen and oxygen atoms in total. The van der Waals surface area contributed by atoms with E-state index in [-0.39, 0.29) is 23.5 Å². The van der Waals surface area contributed by atoms with Gasteiger partial charge in [0.05, 0.1) is 7.11 Å². The van der Waals surface area contributed by atoms with Crippen LogP contribution >= 0.6 is 0 Å². The summed E-state index contributed by atoms with van der Waals surface area (Å²) >= 11 is 0. The van der Waals surface area contributed by atoms with Crippen LogP contribution in [0.1, 0.15) is 56.5 Å². The molecule has 1 unspecified atom stereocenters. The van der Waals surface area contributed by atoms with Crippen molar-refractivity contribution in [1.82, 2.24) is 5.01 Å². The zero-order chi connectivity index (χ0) is 22.2. The van der Waals surface area contributed by atoms with Gasteiger partial charge in [-0.15, -0.1) is 5.10 Å². The number of aromatic hydroxyl groups is 1. The largest absolute Gasteiger partial charge is 0.508 e. The molecule has 0 radical (unpaired) electrons. The maximum atomic E-state index is 12.1. The lowest BCUT2D eigenvalue weighted by Gasteiger charge is -2.34. The van der Waals surface area contributed by atoms with Gasteiger partial charge in [-0.05, 0) is 74.2 Å². The van der Waals surface area contributed by atoms with Crippen LogP contribution in [0, 0.1) is 6.92 Å². The number of hydrazone groups is 1. The highest BCUT2D eigenvalue weighted by atomic mass is 16.5. The highest BCUT2D eigenvalue weighted by molar-refractivity contribution is 6.40. The number of phenolic OH excluding ortho intramolecular Hbond substituents is 1. The maximum Gasteiger partial charge on any atom is 0.374 e. The summed E-state index contributed by atoms with van der Waals surface area (Å²) in [6.45, 7) is 10.1. The Hall–Kier alpha value is -3.22. The van der Waals surface area contributed by atoms with Crippen molar-refractivity contribution in [2.45, 2.75) is 52.7 Å². The van der Waals surface area contributed by atoms with Crippen molar-refractivity contribution >= 4 is 17.5 Å². The molecule has 0 saturated carbocycles. The van der Waals surface area contributed by atoms with Crippen molar-refractivity contribution in [3.8, 4) is 11.5 Å². The molecule has 0 aliphatic carbocycles. The molecule has 160 valence electrons. The molecule has 0 amide bonds. The van der Waals surface area contributed by atoms with E-state index in [0.29, 0.717) is 17.0 Å². The fourth-order valence-electron chi connectivity index (χ4n) is 3.83.